The summed E-state index contributed by atoms with van der Waals surface area (Å²) in [6.07, 6.45) is 1.33. The van der Waals surface area contributed by atoms with Crippen molar-refractivity contribution in [3.8, 4) is 0 Å². The number of nitrogens with zero attached hydrogens (tertiary/aromatic N) is 1. The van der Waals surface area contributed by atoms with Crippen LogP contribution in [-0.4, -0.2) is 18.1 Å². The van der Waals surface area contributed by atoms with Crippen molar-refractivity contribution in [3.63, 3.8) is 0 Å². The Kier molecular flexibility index (Phi) is 3.42. The van der Waals surface area contributed by atoms with E-state index >= 15 is 0 Å². The number of rotatable bonds is 5. The van der Waals surface area contributed by atoms with Gasteiger partial charge in [0.25, 0.3) is 0 Å². The van der Waals surface area contributed by atoms with Crippen LogP contribution in [0, 0.1) is 18.8 Å². The Hall–Kier alpha value is -0.410. The largest absolute Gasteiger partial charge is 0.316 e. The van der Waals surface area contributed by atoms with E-state index in [9.17, 15) is 0 Å². The molecule has 0 bridgehead atoms. The maximum absolute atomic E-state index is 4.56. The van der Waals surface area contributed by atoms with Crippen molar-refractivity contribution in [2.45, 2.75) is 33.1 Å². The quantitative estimate of drug-likeness (QED) is 0.832. The SMILES string of the molecule is Cc1csc(C2CC2CNCC(C)C)n1. The first-order chi connectivity index (χ1) is 7.16. The zero-order valence-electron chi connectivity index (χ0n) is 9.79. The third kappa shape index (κ3) is 3.02. The molecule has 1 N–H and O–H groups in total. The topological polar surface area (TPSA) is 24.9 Å². The second kappa shape index (κ2) is 4.62. The number of aryl methyl sites for hydroxylation is 1. The predicted molar refractivity (Wildman–Crippen MR) is 65.4 cm³/mol. The summed E-state index contributed by atoms with van der Waals surface area (Å²) in [5.41, 5.74) is 1.18. The summed E-state index contributed by atoms with van der Waals surface area (Å²) in [5.74, 6) is 2.35. The standard InChI is InChI=1S/C12H20N2S/c1-8(2)5-13-6-10-4-11(10)12-14-9(3)7-15-12/h7-8,10-11,13H,4-6H2,1-3H3. The minimum Gasteiger partial charge on any atom is -0.316 e. The monoisotopic (exact) mass is 224 g/mol. The lowest BCUT2D eigenvalue weighted by atomic mass is 10.2. The zero-order valence-corrected chi connectivity index (χ0v) is 10.6. The van der Waals surface area contributed by atoms with E-state index in [0.29, 0.717) is 0 Å². The zero-order chi connectivity index (χ0) is 10.8. The molecule has 0 amide bonds. The number of thiazole rings is 1. The van der Waals surface area contributed by atoms with Crippen molar-refractivity contribution >= 4 is 11.3 Å². The van der Waals surface area contributed by atoms with Crippen LogP contribution >= 0.6 is 11.3 Å². The van der Waals surface area contributed by atoms with E-state index in [1.165, 1.54) is 23.7 Å². The van der Waals surface area contributed by atoms with Crippen molar-refractivity contribution in [2.75, 3.05) is 13.1 Å². The van der Waals surface area contributed by atoms with Crippen LogP contribution in [0.4, 0.5) is 0 Å². The highest BCUT2D eigenvalue weighted by molar-refractivity contribution is 7.09. The first kappa shape index (κ1) is 11.1. The molecule has 0 aromatic carbocycles. The first-order valence-corrected chi connectivity index (χ1v) is 6.67. The highest BCUT2D eigenvalue weighted by atomic mass is 32.1. The summed E-state index contributed by atoms with van der Waals surface area (Å²) in [6.45, 7) is 8.89. The molecule has 2 unspecified atom stereocenters. The molecule has 0 spiro atoms. The fourth-order valence-electron chi connectivity index (χ4n) is 1.88. The fourth-order valence-corrected chi connectivity index (χ4v) is 2.88. The summed E-state index contributed by atoms with van der Waals surface area (Å²) in [4.78, 5) is 4.56. The molecular formula is C12H20N2S. The Balaban J connectivity index is 1.72. The first-order valence-electron chi connectivity index (χ1n) is 5.79. The Bertz CT molecular complexity index is 319. The molecule has 0 aliphatic heterocycles. The summed E-state index contributed by atoms with van der Waals surface area (Å²) >= 11 is 1.82. The Morgan fingerprint density at radius 3 is 3.00 bits per heavy atom. The van der Waals surface area contributed by atoms with Gasteiger partial charge in [-0.3, -0.25) is 0 Å². The van der Waals surface area contributed by atoms with Crippen molar-refractivity contribution in [2.24, 2.45) is 11.8 Å². The van der Waals surface area contributed by atoms with Crippen LogP contribution < -0.4 is 5.32 Å². The van der Waals surface area contributed by atoms with Gasteiger partial charge in [0, 0.05) is 17.0 Å². The Labute approximate surface area is 96.1 Å². The van der Waals surface area contributed by atoms with E-state index in [-0.39, 0.29) is 0 Å². The van der Waals surface area contributed by atoms with Crippen LogP contribution in [0.3, 0.4) is 0 Å². The van der Waals surface area contributed by atoms with Gasteiger partial charge in [-0.05, 0) is 38.3 Å². The van der Waals surface area contributed by atoms with Gasteiger partial charge in [-0.2, -0.15) is 0 Å². The number of hydrogen-bond acceptors (Lipinski definition) is 3. The average Bonchev–Trinajstić information content (AvgIpc) is 2.80. The van der Waals surface area contributed by atoms with E-state index in [2.05, 4.69) is 36.5 Å². The lowest BCUT2D eigenvalue weighted by Gasteiger charge is -2.05. The molecule has 2 rings (SSSR count). The molecule has 1 heterocycles. The number of nitrogens with one attached hydrogen (secondary N) is 1. The second-order valence-electron chi connectivity index (χ2n) is 4.98. The third-order valence-corrected chi connectivity index (χ3v) is 3.93. The molecule has 1 aliphatic carbocycles. The third-order valence-electron chi connectivity index (χ3n) is 2.84. The number of hydrogen-bond donors (Lipinski definition) is 1. The van der Waals surface area contributed by atoms with Gasteiger partial charge in [-0.25, -0.2) is 4.98 Å². The van der Waals surface area contributed by atoms with Crippen LogP contribution in [0.25, 0.3) is 0 Å². The van der Waals surface area contributed by atoms with Crippen LogP contribution in [0.15, 0.2) is 5.38 Å². The predicted octanol–water partition coefficient (Wildman–Crippen LogP) is 2.80. The van der Waals surface area contributed by atoms with Gasteiger partial charge in [0.2, 0.25) is 0 Å². The Morgan fingerprint density at radius 1 is 1.60 bits per heavy atom. The second-order valence-corrected chi connectivity index (χ2v) is 5.87. The molecule has 15 heavy (non-hydrogen) atoms. The summed E-state index contributed by atoms with van der Waals surface area (Å²) in [5, 5.41) is 7.04. The minimum atomic E-state index is 0.753. The lowest BCUT2D eigenvalue weighted by molar-refractivity contribution is 0.532. The molecule has 1 saturated carbocycles. The van der Waals surface area contributed by atoms with E-state index in [0.717, 1.165) is 24.3 Å². The van der Waals surface area contributed by atoms with Crippen LogP contribution in [0.1, 0.15) is 36.9 Å². The molecule has 2 atom stereocenters. The van der Waals surface area contributed by atoms with Gasteiger partial charge in [0.1, 0.15) is 0 Å². The van der Waals surface area contributed by atoms with Crippen molar-refractivity contribution in [1.29, 1.82) is 0 Å². The van der Waals surface area contributed by atoms with E-state index in [4.69, 9.17) is 0 Å². The summed E-state index contributed by atoms with van der Waals surface area (Å²) in [6, 6.07) is 0. The van der Waals surface area contributed by atoms with Gasteiger partial charge >= 0.3 is 0 Å². The molecular weight excluding hydrogens is 204 g/mol. The van der Waals surface area contributed by atoms with Gasteiger partial charge < -0.3 is 5.32 Å². The van der Waals surface area contributed by atoms with Crippen molar-refractivity contribution < 1.29 is 0 Å². The van der Waals surface area contributed by atoms with Crippen LogP contribution in [0.2, 0.25) is 0 Å². The van der Waals surface area contributed by atoms with Crippen LogP contribution in [0.5, 0.6) is 0 Å². The lowest BCUT2D eigenvalue weighted by Crippen LogP contribution is -2.22. The molecule has 1 fully saturated rings. The van der Waals surface area contributed by atoms with Gasteiger partial charge in [0.05, 0.1) is 5.01 Å². The number of aromatic nitrogens is 1. The summed E-state index contributed by atoms with van der Waals surface area (Å²) < 4.78 is 0. The normalized spacial score (nSPS) is 24.8. The highest BCUT2D eigenvalue weighted by Crippen LogP contribution is 2.47. The molecule has 0 saturated heterocycles. The molecule has 2 nitrogen and oxygen atoms in total. The fraction of sp³-hybridized carbons (Fsp3) is 0.750. The van der Waals surface area contributed by atoms with Crippen molar-refractivity contribution in [3.05, 3.63) is 16.1 Å². The van der Waals surface area contributed by atoms with Gasteiger partial charge in [-0.15, -0.1) is 11.3 Å². The molecule has 1 aromatic heterocycles. The van der Waals surface area contributed by atoms with Gasteiger partial charge in [0.15, 0.2) is 0 Å². The molecule has 1 aromatic rings. The smallest absolute Gasteiger partial charge is 0.0962 e. The van der Waals surface area contributed by atoms with E-state index in [1.54, 1.807) is 0 Å². The highest BCUT2D eigenvalue weighted by Gasteiger charge is 2.39. The molecule has 84 valence electrons. The maximum atomic E-state index is 4.56. The maximum Gasteiger partial charge on any atom is 0.0962 e. The minimum absolute atomic E-state index is 0.753. The molecule has 3 heteroatoms. The average molecular weight is 224 g/mol. The molecule has 0 radical (unpaired) electrons. The Morgan fingerprint density at radius 2 is 2.40 bits per heavy atom. The van der Waals surface area contributed by atoms with Gasteiger partial charge in [-0.1, -0.05) is 13.8 Å². The molecule has 1 aliphatic rings. The van der Waals surface area contributed by atoms with E-state index < -0.39 is 0 Å². The summed E-state index contributed by atoms with van der Waals surface area (Å²) in [7, 11) is 0. The van der Waals surface area contributed by atoms with Crippen molar-refractivity contribution in [1.82, 2.24) is 10.3 Å². The van der Waals surface area contributed by atoms with Crippen LogP contribution in [-0.2, 0) is 0 Å². The van der Waals surface area contributed by atoms with E-state index in [1.807, 2.05) is 11.3 Å².